The van der Waals surface area contributed by atoms with Crippen LogP contribution in [0.25, 0.3) is 0 Å². The van der Waals surface area contributed by atoms with Crippen molar-refractivity contribution in [3.05, 3.63) is 23.8 Å². The molecule has 19 heavy (non-hydrogen) atoms. The van der Waals surface area contributed by atoms with E-state index in [4.69, 9.17) is 5.11 Å². The van der Waals surface area contributed by atoms with Crippen LogP contribution in [0.15, 0.2) is 18.2 Å². The van der Waals surface area contributed by atoms with Gasteiger partial charge in [0, 0.05) is 5.69 Å². The van der Waals surface area contributed by atoms with E-state index >= 15 is 0 Å². The number of aromatic hydroxyl groups is 1. The predicted octanol–water partition coefficient (Wildman–Crippen LogP) is 1.17. The van der Waals surface area contributed by atoms with Crippen LogP contribution >= 0.6 is 0 Å². The van der Waals surface area contributed by atoms with Gasteiger partial charge in [0.25, 0.3) is 0 Å². The first-order valence-electron chi connectivity index (χ1n) is 6.18. The zero-order chi connectivity index (χ0) is 13.8. The van der Waals surface area contributed by atoms with E-state index < -0.39 is 5.97 Å². The van der Waals surface area contributed by atoms with Gasteiger partial charge in [0.15, 0.2) is 0 Å². The van der Waals surface area contributed by atoms with Crippen LogP contribution in [0, 0.1) is 0 Å². The Morgan fingerprint density at radius 1 is 1.32 bits per heavy atom. The maximum Gasteiger partial charge on any atom is 0.339 e. The molecule has 1 aromatic carbocycles. The van der Waals surface area contributed by atoms with Crippen molar-refractivity contribution >= 4 is 17.6 Å². The molecule has 2 rings (SSSR count). The molecule has 0 aliphatic carbocycles. The van der Waals surface area contributed by atoms with E-state index in [1.165, 1.54) is 18.2 Å². The molecule has 1 aliphatic rings. The van der Waals surface area contributed by atoms with Crippen molar-refractivity contribution in [3.8, 4) is 5.75 Å². The van der Waals surface area contributed by atoms with Gasteiger partial charge in [-0.15, -0.1) is 0 Å². The Morgan fingerprint density at radius 3 is 2.74 bits per heavy atom. The lowest BCUT2D eigenvalue weighted by Crippen LogP contribution is -2.43. The third-order valence-corrected chi connectivity index (χ3v) is 3.12. The summed E-state index contributed by atoms with van der Waals surface area (Å²) in [7, 11) is 0. The fourth-order valence-electron chi connectivity index (χ4n) is 2.09. The van der Waals surface area contributed by atoms with E-state index in [2.05, 4.69) is 10.6 Å². The molecule has 0 bridgehead atoms. The Morgan fingerprint density at radius 2 is 2.11 bits per heavy atom. The third-order valence-electron chi connectivity index (χ3n) is 3.12. The molecule has 0 saturated carbocycles. The number of anilines is 1. The van der Waals surface area contributed by atoms with E-state index in [-0.39, 0.29) is 23.3 Å². The summed E-state index contributed by atoms with van der Waals surface area (Å²) in [5.41, 5.74) is 0.141. The van der Waals surface area contributed by atoms with E-state index in [0.717, 1.165) is 25.8 Å². The minimum atomic E-state index is -1.23. The average Bonchev–Trinajstić information content (AvgIpc) is 2.41. The molecule has 1 aromatic rings. The number of carboxylic acid groups (broad SMARTS) is 1. The molecule has 1 amide bonds. The summed E-state index contributed by atoms with van der Waals surface area (Å²) >= 11 is 0. The summed E-state index contributed by atoms with van der Waals surface area (Å²) in [5, 5.41) is 24.0. The summed E-state index contributed by atoms with van der Waals surface area (Å²) in [6.07, 6.45) is 2.84. The Kier molecular flexibility index (Phi) is 4.01. The number of aromatic carboxylic acids is 1. The van der Waals surface area contributed by atoms with Crippen LogP contribution in [-0.2, 0) is 4.79 Å². The molecule has 0 radical (unpaired) electrons. The van der Waals surface area contributed by atoms with E-state index in [1.54, 1.807) is 0 Å². The van der Waals surface area contributed by atoms with Crippen molar-refractivity contribution in [1.82, 2.24) is 5.32 Å². The second-order valence-electron chi connectivity index (χ2n) is 4.53. The van der Waals surface area contributed by atoms with Crippen molar-refractivity contribution in [3.63, 3.8) is 0 Å². The summed E-state index contributed by atoms with van der Waals surface area (Å²) in [5.74, 6) is -1.73. The number of carbonyl (C=O) groups is 2. The SMILES string of the molecule is O=C(O)c1cc(NC(=O)[C@@H]2CCCCN2)ccc1O. The zero-order valence-corrected chi connectivity index (χ0v) is 10.3. The highest BCUT2D eigenvalue weighted by molar-refractivity contribution is 5.97. The zero-order valence-electron chi connectivity index (χ0n) is 10.3. The highest BCUT2D eigenvalue weighted by Gasteiger charge is 2.21. The standard InChI is InChI=1S/C13H16N2O4/c16-11-5-4-8(7-9(11)13(18)19)15-12(17)10-3-1-2-6-14-10/h4-5,7,10,14,16H,1-3,6H2,(H,15,17)(H,18,19)/t10-/m0/s1. The van der Waals surface area contributed by atoms with Crippen LogP contribution in [0.4, 0.5) is 5.69 Å². The summed E-state index contributed by atoms with van der Waals surface area (Å²) in [4.78, 5) is 22.8. The molecule has 0 unspecified atom stereocenters. The van der Waals surface area contributed by atoms with Gasteiger partial charge in [0.05, 0.1) is 6.04 Å². The second kappa shape index (κ2) is 5.71. The van der Waals surface area contributed by atoms with Gasteiger partial charge in [-0.1, -0.05) is 6.42 Å². The minimum absolute atomic E-state index is 0.179. The molecule has 6 heteroatoms. The lowest BCUT2D eigenvalue weighted by molar-refractivity contribution is -0.118. The number of hydrogen-bond donors (Lipinski definition) is 4. The fourth-order valence-corrected chi connectivity index (χ4v) is 2.09. The number of carbonyl (C=O) groups excluding carboxylic acids is 1. The van der Waals surface area contributed by atoms with Gasteiger partial charge in [-0.2, -0.15) is 0 Å². The molecule has 1 fully saturated rings. The maximum atomic E-state index is 12.0. The number of phenols is 1. The van der Waals surface area contributed by atoms with Gasteiger partial charge in [0.1, 0.15) is 11.3 Å². The van der Waals surface area contributed by atoms with E-state index in [9.17, 15) is 14.7 Å². The first-order chi connectivity index (χ1) is 9.08. The van der Waals surface area contributed by atoms with Gasteiger partial charge in [0.2, 0.25) is 5.91 Å². The number of carboxylic acids is 1. The van der Waals surface area contributed by atoms with E-state index in [1.807, 2.05) is 0 Å². The number of hydrogen-bond acceptors (Lipinski definition) is 4. The van der Waals surface area contributed by atoms with Gasteiger partial charge >= 0.3 is 5.97 Å². The number of nitrogens with one attached hydrogen (secondary N) is 2. The second-order valence-corrected chi connectivity index (χ2v) is 4.53. The first kappa shape index (κ1) is 13.4. The van der Waals surface area contributed by atoms with Crippen molar-refractivity contribution in [1.29, 1.82) is 0 Å². The summed E-state index contributed by atoms with van der Waals surface area (Å²) in [6.45, 7) is 0.814. The largest absolute Gasteiger partial charge is 0.507 e. The number of benzene rings is 1. The third kappa shape index (κ3) is 3.23. The van der Waals surface area contributed by atoms with Crippen LogP contribution in [0.5, 0.6) is 5.75 Å². The lowest BCUT2D eigenvalue weighted by atomic mass is 10.0. The van der Waals surface area contributed by atoms with Crippen molar-refractivity contribution in [2.75, 3.05) is 11.9 Å². The summed E-state index contributed by atoms with van der Waals surface area (Å²) < 4.78 is 0. The highest BCUT2D eigenvalue weighted by atomic mass is 16.4. The monoisotopic (exact) mass is 264 g/mol. The van der Waals surface area contributed by atoms with Crippen LogP contribution in [0.3, 0.4) is 0 Å². The fraction of sp³-hybridized carbons (Fsp3) is 0.385. The summed E-state index contributed by atoms with van der Waals surface area (Å²) in [6, 6.07) is 3.74. The normalized spacial score (nSPS) is 18.8. The molecule has 1 saturated heterocycles. The highest BCUT2D eigenvalue weighted by Crippen LogP contribution is 2.22. The molecular weight excluding hydrogens is 248 g/mol. The van der Waals surface area contributed by atoms with Gasteiger partial charge in [-0.25, -0.2) is 4.79 Å². The first-order valence-corrected chi connectivity index (χ1v) is 6.18. The smallest absolute Gasteiger partial charge is 0.339 e. The number of amides is 1. The molecule has 1 atom stereocenters. The Balaban J connectivity index is 2.08. The molecule has 1 heterocycles. The van der Waals surface area contributed by atoms with Crippen molar-refractivity contribution in [2.24, 2.45) is 0 Å². The molecule has 0 spiro atoms. The number of rotatable bonds is 3. The molecule has 102 valence electrons. The van der Waals surface area contributed by atoms with E-state index in [0.29, 0.717) is 5.69 Å². The van der Waals surface area contributed by atoms with Crippen LogP contribution in [0.2, 0.25) is 0 Å². The molecular formula is C13H16N2O4. The minimum Gasteiger partial charge on any atom is -0.507 e. The van der Waals surface area contributed by atoms with Crippen LogP contribution in [0.1, 0.15) is 29.6 Å². The van der Waals surface area contributed by atoms with Crippen molar-refractivity contribution < 1.29 is 19.8 Å². The van der Waals surface area contributed by atoms with Gasteiger partial charge in [-0.3, -0.25) is 4.79 Å². The van der Waals surface area contributed by atoms with Crippen LogP contribution in [-0.4, -0.2) is 34.7 Å². The van der Waals surface area contributed by atoms with Gasteiger partial charge in [-0.05, 0) is 37.6 Å². The average molecular weight is 264 g/mol. The molecule has 4 N–H and O–H groups in total. The predicted molar refractivity (Wildman–Crippen MR) is 69.3 cm³/mol. The Bertz CT molecular complexity index is 495. The lowest BCUT2D eigenvalue weighted by Gasteiger charge is -2.22. The Labute approximate surface area is 110 Å². The topological polar surface area (TPSA) is 98.7 Å². The molecule has 6 nitrogen and oxygen atoms in total. The number of piperidine rings is 1. The maximum absolute atomic E-state index is 12.0. The van der Waals surface area contributed by atoms with Gasteiger partial charge < -0.3 is 20.8 Å². The molecule has 1 aliphatic heterocycles. The van der Waals surface area contributed by atoms with Crippen molar-refractivity contribution in [2.45, 2.75) is 25.3 Å². The van der Waals surface area contributed by atoms with Crippen LogP contribution < -0.4 is 10.6 Å². The quantitative estimate of drug-likeness (QED) is 0.614. The Hall–Kier alpha value is -2.08. The molecule has 0 aromatic heterocycles.